The number of hydrogen-bond donors (Lipinski definition) is 1. The van der Waals surface area contributed by atoms with E-state index in [2.05, 4.69) is 25.9 Å². The molecular weight excluding hydrogens is 162 g/mol. The van der Waals surface area contributed by atoms with Crippen LogP contribution >= 0.6 is 0 Å². The monoisotopic (exact) mass is 181 g/mol. The van der Waals surface area contributed by atoms with Crippen molar-refractivity contribution < 1.29 is 0 Å². The minimum Gasteiger partial charge on any atom is -0.324 e. The lowest BCUT2D eigenvalue weighted by molar-refractivity contribution is 0.375. The van der Waals surface area contributed by atoms with Crippen LogP contribution in [0, 0.1) is 5.92 Å². The topological polar surface area (TPSA) is 43.8 Å². The molecule has 0 amide bonds. The number of hydrogen-bond acceptors (Lipinski definition) is 2. The highest BCUT2D eigenvalue weighted by atomic mass is 15.3. The highest BCUT2D eigenvalue weighted by Crippen LogP contribution is 2.17. The Hall–Kier alpha value is -0.830. The summed E-state index contributed by atoms with van der Waals surface area (Å²) in [4.78, 5) is 0. The van der Waals surface area contributed by atoms with Gasteiger partial charge < -0.3 is 5.73 Å². The van der Waals surface area contributed by atoms with Crippen LogP contribution in [0.25, 0.3) is 0 Å². The van der Waals surface area contributed by atoms with E-state index in [1.54, 1.807) is 0 Å². The lowest BCUT2D eigenvalue weighted by Crippen LogP contribution is -2.12. The Labute approximate surface area is 79.9 Å². The molecule has 1 aromatic heterocycles. The molecule has 0 saturated carbocycles. The Morgan fingerprint density at radius 1 is 1.31 bits per heavy atom. The van der Waals surface area contributed by atoms with Gasteiger partial charge in [0.25, 0.3) is 0 Å². The van der Waals surface area contributed by atoms with Gasteiger partial charge in [-0.1, -0.05) is 13.8 Å². The molecule has 74 valence electrons. The molecule has 13 heavy (non-hydrogen) atoms. The van der Waals surface area contributed by atoms with Crippen molar-refractivity contribution in [1.82, 2.24) is 9.78 Å². The molecule has 0 aromatic carbocycles. The molecule has 2 atom stereocenters. The van der Waals surface area contributed by atoms with Gasteiger partial charge in [-0.2, -0.15) is 5.10 Å². The van der Waals surface area contributed by atoms with Gasteiger partial charge in [0.2, 0.25) is 0 Å². The third kappa shape index (κ3) is 2.31. The van der Waals surface area contributed by atoms with Crippen molar-refractivity contribution in [2.45, 2.75) is 39.8 Å². The fourth-order valence-corrected chi connectivity index (χ4v) is 1.12. The van der Waals surface area contributed by atoms with Crippen LogP contribution < -0.4 is 5.73 Å². The van der Waals surface area contributed by atoms with Gasteiger partial charge in [0, 0.05) is 17.8 Å². The van der Waals surface area contributed by atoms with Crippen molar-refractivity contribution in [1.29, 1.82) is 0 Å². The minimum atomic E-state index is 0.0770. The summed E-state index contributed by atoms with van der Waals surface area (Å²) in [6, 6.07) is 0.514. The van der Waals surface area contributed by atoms with Crippen LogP contribution in [-0.4, -0.2) is 9.78 Å². The van der Waals surface area contributed by atoms with E-state index >= 15 is 0 Å². The average Bonchev–Trinajstić information content (AvgIpc) is 2.50. The largest absolute Gasteiger partial charge is 0.324 e. The summed E-state index contributed by atoms with van der Waals surface area (Å²) in [7, 11) is 0. The van der Waals surface area contributed by atoms with Crippen molar-refractivity contribution in [2.75, 3.05) is 0 Å². The first-order chi connectivity index (χ1) is 6.02. The highest BCUT2D eigenvalue weighted by molar-refractivity contribution is 5.08. The Bertz CT molecular complexity index is 263. The summed E-state index contributed by atoms with van der Waals surface area (Å²) in [5, 5.41) is 4.30. The molecule has 0 bridgehead atoms. The van der Waals surface area contributed by atoms with Gasteiger partial charge in [-0.05, 0) is 19.8 Å². The van der Waals surface area contributed by atoms with E-state index in [1.165, 1.54) is 0 Å². The third-order valence-electron chi connectivity index (χ3n) is 2.53. The van der Waals surface area contributed by atoms with Gasteiger partial charge in [-0.25, -0.2) is 0 Å². The summed E-state index contributed by atoms with van der Waals surface area (Å²) in [5.74, 6) is 0.598. The molecule has 0 fully saturated rings. The van der Waals surface area contributed by atoms with E-state index in [4.69, 9.17) is 5.73 Å². The zero-order chi connectivity index (χ0) is 10.0. The Balaban J connectivity index is 2.79. The summed E-state index contributed by atoms with van der Waals surface area (Å²) in [6.07, 6.45) is 3.89. The predicted molar refractivity (Wildman–Crippen MR) is 54.4 cm³/mol. The molecular formula is C10H19N3. The summed E-state index contributed by atoms with van der Waals surface area (Å²) in [5.41, 5.74) is 6.85. The SMILES string of the molecule is CC(N)c1cnn(C(C)C(C)C)c1. The van der Waals surface area contributed by atoms with Gasteiger partial charge in [-0.15, -0.1) is 0 Å². The lowest BCUT2D eigenvalue weighted by atomic mass is 10.1. The number of nitrogens with zero attached hydrogens (tertiary/aromatic N) is 2. The predicted octanol–water partition coefficient (Wildman–Crippen LogP) is 2.12. The second-order valence-electron chi connectivity index (χ2n) is 4.03. The maximum atomic E-state index is 5.75. The van der Waals surface area contributed by atoms with Gasteiger partial charge in [-0.3, -0.25) is 4.68 Å². The molecule has 0 aliphatic heterocycles. The number of rotatable bonds is 3. The van der Waals surface area contributed by atoms with Gasteiger partial charge in [0.1, 0.15) is 0 Å². The van der Waals surface area contributed by atoms with Crippen molar-refractivity contribution in [3.8, 4) is 0 Å². The van der Waals surface area contributed by atoms with Gasteiger partial charge in [0.15, 0.2) is 0 Å². The number of nitrogens with two attached hydrogens (primary N) is 1. The zero-order valence-corrected chi connectivity index (χ0v) is 8.86. The second-order valence-corrected chi connectivity index (χ2v) is 4.03. The Kier molecular flexibility index (Phi) is 3.09. The van der Waals surface area contributed by atoms with Crippen LogP contribution in [0.2, 0.25) is 0 Å². The molecule has 0 spiro atoms. The van der Waals surface area contributed by atoms with Crippen LogP contribution in [0.3, 0.4) is 0 Å². The van der Waals surface area contributed by atoms with Crippen LogP contribution in [0.5, 0.6) is 0 Å². The molecule has 0 radical (unpaired) electrons. The van der Waals surface area contributed by atoms with E-state index in [9.17, 15) is 0 Å². The first-order valence-electron chi connectivity index (χ1n) is 4.82. The lowest BCUT2D eigenvalue weighted by Gasteiger charge is -2.15. The summed E-state index contributed by atoms with van der Waals surface area (Å²) < 4.78 is 1.99. The molecule has 0 saturated heterocycles. The zero-order valence-electron chi connectivity index (χ0n) is 8.86. The van der Waals surface area contributed by atoms with E-state index < -0.39 is 0 Å². The standard InChI is InChI=1S/C10H19N3/c1-7(2)9(4)13-6-10(5-12-13)8(3)11/h5-9H,11H2,1-4H3. The van der Waals surface area contributed by atoms with E-state index in [-0.39, 0.29) is 6.04 Å². The quantitative estimate of drug-likeness (QED) is 0.776. The summed E-state index contributed by atoms with van der Waals surface area (Å²) in [6.45, 7) is 8.53. The van der Waals surface area contributed by atoms with Crippen LogP contribution in [0.4, 0.5) is 0 Å². The highest BCUT2D eigenvalue weighted by Gasteiger charge is 2.11. The van der Waals surface area contributed by atoms with Crippen LogP contribution in [0.15, 0.2) is 12.4 Å². The second kappa shape index (κ2) is 3.92. The molecule has 1 rings (SSSR count). The average molecular weight is 181 g/mol. The normalized spacial score (nSPS) is 16.2. The summed E-state index contributed by atoms with van der Waals surface area (Å²) >= 11 is 0. The molecule has 2 unspecified atom stereocenters. The Morgan fingerprint density at radius 3 is 2.31 bits per heavy atom. The van der Waals surface area contributed by atoms with Crippen molar-refractivity contribution in [3.05, 3.63) is 18.0 Å². The van der Waals surface area contributed by atoms with Crippen molar-refractivity contribution >= 4 is 0 Å². The van der Waals surface area contributed by atoms with E-state index in [0.29, 0.717) is 12.0 Å². The minimum absolute atomic E-state index is 0.0770. The Morgan fingerprint density at radius 2 is 1.92 bits per heavy atom. The van der Waals surface area contributed by atoms with Gasteiger partial charge >= 0.3 is 0 Å². The van der Waals surface area contributed by atoms with E-state index in [1.807, 2.05) is 24.0 Å². The van der Waals surface area contributed by atoms with Crippen LogP contribution in [-0.2, 0) is 0 Å². The molecule has 2 N–H and O–H groups in total. The maximum absolute atomic E-state index is 5.75. The first kappa shape index (κ1) is 10.3. The number of aromatic nitrogens is 2. The molecule has 0 aliphatic carbocycles. The molecule has 3 nitrogen and oxygen atoms in total. The fourth-order valence-electron chi connectivity index (χ4n) is 1.12. The molecule has 3 heteroatoms. The van der Waals surface area contributed by atoms with Gasteiger partial charge in [0.05, 0.1) is 12.2 Å². The fraction of sp³-hybridized carbons (Fsp3) is 0.700. The molecule has 1 heterocycles. The van der Waals surface area contributed by atoms with Crippen molar-refractivity contribution in [2.24, 2.45) is 11.7 Å². The smallest absolute Gasteiger partial charge is 0.0537 e. The molecule has 1 aromatic rings. The van der Waals surface area contributed by atoms with Crippen molar-refractivity contribution in [3.63, 3.8) is 0 Å². The maximum Gasteiger partial charge on any atom is 0.0537 e. The molecule has 0 aliphatic rings. The van der Waals surface area contributed by atoms with Crippen LogP contribution in [0.1, 0.15) is 45.3 Å². The first-order valence-corrected chi connectivity index (χ1v) is 4.82. The van der Waals surface area contributed by atoms with E-state index in [0.717, 1.165) is 5.56 Å². The third-order valence-corrected chi connectivity index (χ3v) is 2.53.